The maximum atomic E-state index is 11.9. The van der Waals surface area contributed by atoms with Crippen molar-refractivity contribution in [1.29, 1.82) is 0 Å². The smallest absolute Gasteiger partial charge is 0.226 e. The third-order valence-corrected chi connectivity index (χ3v) is 4.60. The van der Waals surface area contributed by atoms with Crippen LogP contribution in [0.25, 0.3) is 0 Å². The fourth-order valence-electron chi connectivity index (χ4n) is 3.38. The van der Waals surface area contributed by atoms with Crippen molar-refractivity contribution in [2.45, 2.75) is 18.8 Å². The topological polar surface area (TPSA) is 38.8 Å². The number of carbonyl (C=O) groups excluding carboxylic acids is 1. The maximum absolute atomic E-state index is 11.9. The summed E-state index contributed by atoms with van der Waals surface area (Å²) in [6, 6.07) is 13.9. The van der Waals surface area contributed by atoms with Crippen molar-refractivity contribution < 1.29 is 14.3 Å². The van der Waals surface area contributed by atoms with Crippen LogP contribution < -0.4 is 9.47 Å². The minimum atomic E-state index is 0.0356. The molecule has 1 fully saturated rings. The van der Waals surface area contributed by atoms with Crippen molar-refractivity contribution in [2.24, 2.45) is 0 Å². The predicted molar refractivity (Wildman–Crippen MR) is 91.4 cm³/mol. The molecule has 2 aromatic rings. The van der Waals surface area contributed by atoms with Gasteiger partial charge >= 0.3 is 0 Å². The zero-order valence-corrected chi connectivity index (χ0v) is 13.6. The van der Waals surface area contributed by atoms with Crippen LogP contribution in [0.15, 0.2) is 54.7 Å². The number of nitrogens with zero attached hydrogens (tertiary/aromatic N) is 1. The van der Waals surface area contributed by atoms with E-state index >= 15 is 0 Å². The molecule has 0 saturated carbocycles. The number of benzene rings is 2. The van der Waals surface area contributed by atoms with E-state index in [0.29, 0.717) is 6.42 Å². The Bertz CT molecular complexity index is 812. The van der Waals surface area contributed by atoms with Gasteiger partial charge in [0.2, 0.25) is 5.91 Å². The molecule has 0 N–H and O–H groups in total. The fourth-order valence-corrected chi connectivity index (χ4v) is 3.38. The molecule has 1 atom stereocenters. The Morgan fingerprint density at radius 3 is 2.79 bits per heavy atom. The Morgan fingerprint density at radius 2 is 2.00 bits per heavy atom. The van der Waals surface area contributed by atoms with Crippen LogP contribution in [-0.2, 0) is 4.79 Å². The van der Waals surface area contributed by atoms with Gasteiger partial charge in [-0.3, -0.25) is 4.79 Å². The number of methoxy groups -OCH3 is 1. The molecule has 0 aromatic heterocycles. The van der Waals surface area contributed by atoms with Gasteiger partial charge in [-0.1, -0.05) is 36.4 Å². The summed E-state index contributed by atoms with van der Waals surface area (Å²) in [6.07, 6.45) is 5.57. The average molecular weight is 321 g/mol. The number of rotatable bonds is 3. The van der Waals surface area contributed by atoms with Gasteiger partial charge in [-0.25, -0.2) is 0 Å². The molecule has 0 spiro atoms. The highest BCUT2D eigenvalue weighted by Gasteiger charge is 2.28. The highest BCUT2D eigenvalue weighted by atomic mass is 16.5. The fraction of sp³-hybridized carbons (Fsp3) is 0.250. The van der Waals surface area contributed by atoms with Gasteiger partial charge in [-0.2, -0.15) is 0 Å². The molecule has 122 valence electrons. The maximum Gasteiger partial charge on any atom is 0.226 e. The van der Waals surface area contributed by atoms with Gasteiger partial charge in [0.05, 0.1) is 7.11 Å². The second-order valence-corrected chi connectivity index (χ2v) is 6.03. The lowest BCUT2D eigenvalue weighted by Crippen LogP contribution is -2.18. The number of carbonyl (C=O) groups is 1. The summed E-state index contributed by atoms with van der Waals surface area (Å²) < 4.78 is 11.5. The number of para-hydroxylation sites is 2. The molecule has 4 heteroatoms. The quantitative estimate of drug-likeness (QED) is 0.855. The van der Waals surface area contributed by atoms with Gasteiger partial charge in [0, 0.05) is 36.2 Å². The number of allylic oxidation sites excluding steroid dienone is 1. The molecule has 0 radical (unpaired) electrons. The van der Waals surface area contributed by atoms with Crippen LogP contribution >= 0.6 is 0 Å². The van der Waals surface area contributed by atoms with Crippen LogP contribution in [0.2, 0.25) is 0 Å². The van der Waals surface area contributed by atoms with E-state index in [2.05, 4.69) is 18.2 Å². The summed E-state index contributed by atoms with van der Waals surface area (Å²) in [7, 11) is 1.65. The Morgan fingerprint density at radius 1 is 1.17 bits per heavy atom. The van der Waals surface area contributed by atoms with Crippen molar-refractivity contribution in [2.75, 3.05) is 13.7 Å². The molecule has 1 unspecified atom stereocenters. The Labute approximate surface area is 141 Å². The van der Waals surface area contributed by atoms with Crippen LogP contribution in [0.3, 0.4) is 0 Å². The third kappa shape index (κ3) is 2.44. The van der Waals surface area contributed by atoms with Gasteiger partial charge in [-0.15, -0.1) is 0 Å². The zero-order chi connectivity index (χ0) is 16.5. The van der Waals surface area contributed by atoms with E-state index in [0.717, 1.165) is 41.3 Å². The van der Waals surface area contributed by atoms with E-state index < -0.39 is 0 Å². The van der Waals surface area contributed by atoms with Gasteiger partial charge in [0.15, 0.2) is 11.5 Å². The number of hydrogen-bond acceptors (Lipinski definition) is 3. The monoisotopic (exact) mass is 321 g/mol. The molecule has 2 aliphatic rings. The first-order chi connectivity index (χ1) is 11.8. The molecule has 1 amide bonds. The van der Waals surface area contributed by atoms with Gasteiger partial charge in [-0.05, 0) is 18.6 Å². The lowest BCUT2D eigenvalue weighted by molar-refractivity contribution is -0.125. The molecule has 24 heavy (non-hydrogen) atoms. The van der Waals surface area contributed by atoms with Crippen molar-refractivity contribution >= 4 is 5.91 Å². The van der Waals surface area contributed by atoms with E-state index in [1.54, 1.807) is 12.0 Å². The number of fused-ring (bicyclic) bond motifs is 2. The molecule has 2 heterocycles. The van der Waals surface area contributed by atoms with Crippen LogP contribution in [0.1, 0.15) is 29.9 Å². The normalized spacial score (nSPS) is 19.1. The minimum Gasteiger partial charge on any atom is -0.493 e. The van der Waals surface area contributed by atoms with Crippen molar-refractivity contribution in [1.82, 2.24) is 4.90 Å². The summed E-state index contributed by atoms with van der Waals surface area (Å²) >= 11 is 0. The summed E-state index contributed by atoms with van der Waals surface area (Å²) in [4.78, 5) is 13.7. The second kappa shape index (κ2) is 6.04. The first-order valence-electron chi connectivity index (χ1n) is 8.19. The van der Waals surface area contributed by atoms with Crippen LogP contribution in [0.5, 0.6) is 17.2 Å². The molecule has 1 saturated heterocycles. The van der Waals surface area contributed by atoms with Crippen LogP contribution in [0.4, 0.5) is 0 Å². The lowest BCUT2D eigenvalue weighted by Gasteiger charge is -2.27. The summed E-state index contributed by atoms with van der Waals surface area (Å²) in [6.45, 7) is 0.797. The summed E-state index contributed by atoms with van der Waals surface area (Å²) in [5.74, 6) is 2.53. The molecule has 0 bridgehead atoms. The van der Waals surface area contributed by atoms with Gasteiger partial charge < -0.3 is 14.4 Å². The number of amides is 1. The SMILES string of the molecule is COc1cccc2c1Oc1ccccc1C2C=CN1CCCC1=O. The van der Waals surface area contributed by atoms with E-state index in [9.17, 15) is 4.79 Å². The Kier molecular flexibility index (Phi) is 3.73. The minimum absolute atomic E-state index is 0.0356. The van der Waals surface area contributed by atoms with Crippen molar-refractivity contribution in [3.63, 3.8) is 0 Å². The average Bonchev–Trinajstić information content (AvgIpc) is 3.03. The largest absolute Gasteiger partial charge is 0.493 e. The Balaban J connectivity index is 1.78. The van der Waals surface area contributed by atoms with Crippen molar-refractivity contribution in [3.05, 3.63) is 65.9 Å². The van der Waals surface area contributed by atoms with E-state index in [1.807, 2.05) is 36.5 Å². The highest BCUT2D eigenvalue weighted by Crippen LogP contribution is 2.48. The molecular weight excluding hydrogens is 302 g/mol. The number of ether oxygens (including phenoxy) is 2. The zero-order valence-electron chi connectivity index (χ0n) is 13.6. The molecule has 4 nitrogen and oxygen atoms in total. The molecule has 4 rings (SSSR count). The molecular formula is C20H19NO3. The first kappa shape index (κ1) is 14.8. The van der Waals surface area contributed by atoms with Crippen molar-refractivity contribution in [3.8, 4) is 17.2 Å². The Hall–Kier alpha value is -2.75. The van der Waals surface area contributed by atoms with E-state index in [4.69, 9.17) is 9.47 Å². The third-order valence-electron chi connectivity index (χ3n) is 4.60. The summed E-state index contributed by atoms with van der Waals surface area (Å²) in [5.41, 5.74) is 2.15. The molecule has 2 aromatic carbocycles. The van der Waals surface area contributed by atoms with Gasteiger partial charge in [0.25, 0.3) is 0 Å². The predicted octanol–water partition coefficient (Wildman–Crippen LogP) is 4.07. The second-order valence-electron chi connectivity index (χ2n) is 6.03. The standard InChI is InChI=1S/C20H19NO3/c1-23-18-9-4-7-16-14(11-13-21-12-5-10-19(21)22)15-6-2-3-8-17(15)24-20(16)18/h2-4,6-9,11,13-14H,5,10,12H2,1H3. The van der Waals surface area contributed by atoms with Crippen LogP contribution in [0, 0.1) is 0 Å². The lowest BCUT2D eigenvalue weighted by atomic mass is 9.87. The summed E-state index contributed by atoms with van der Waals surface area (Å²) in [5, 5.41) is 0. The highest BCUT2D eigenvalue weighted by molar-refractivity contribution is 5.79. The molecule has 2 aliphatic heterocycles. The number of likely N-dealkylation sites (tertiary alicyclic amines) is 1. The van der Waals surface area contributed by atoms with Crippen LogP contribution in [-0.4, -0.2) is 24.5 Å². The molecule has 0 aliphatic carbocycles. The first-order valence-corrected chi connectivity index (χ1v) is 8.19. The van der Waals surface area contributed by atoms with E-state index in [1.165, 1.54) is 0 Å². The van der Waals surface area contributed by atoms with E-state index in [-0.39, 0.29) is 11.8 Å². The number of hydrogen-bond donors (Lipinski definition) is 0. The van der Waals surface area contributed by atoms with Gasteiger partial charge in [0.1, 0.15) is 5.75 Å².